The molecule has 0 spiro atoms. The van der Waals surface area contributed by atoms with Crippen molar-refractivity contribution in [2.45, 2.75) is 33.6 Å². The summed E-state index contributed by atoms with van der Waals surface area (Å²) in [6.45, 7) is 10.6. The quantitative estimate of drug-likeness (QED) is 0.492. The van der Waals surface area contributed by atoms with Crippen LogP contribution < -0.4 is 4.90 Å². The summed E-state index contributed by atoms with van der Waals surface area (Å²) >= 11 is 0. The van der Waals surface area contributed by atoms with Gasteiger partial charge in [0.2, 0.25) is 0 Å². The molecule has 0 aromatic heterocycles. The normalized spacial score (nSPS) is 11.2. The highest BCUT2D eigenvalue weighted by Gasteiger charge is 2.04. The van der Waals surface area contributed by atoms with Gasteiger partial charge in [-0.05, 0) is 49.1 Å². The molecule has 0 unspecified atom stereocenters. The Kier molecular flexibility index (Phi) is 6.36. The number of allylic oxidation sites excluding steroid dienone is 1. The third kappa shape index (κ3) is 4.58. The highest BCUT2D eigenvalue weighted by molar-refractivity contribution is 6.06. The summed E-state index contributed by atoms with van der Waals surface area (Å²) in [5, 5.41) is 0. The zero-order valence-electron chi connectivity index (χ0n) is 15.1. The van der Waals surface area contributed by atoms with E-state index in [0.29, 0.717) is 5.92 Å². The van der Waals surface area contributed by atoms with Gasteiger partial charge in [-0.2, -0.15) is 0 Å². The Hall–Kier alpha value is -2.35. The third-order valence-corrected chi connectivity index (χ3v) is 4.31. The number of carbonyl (C=O) groups excluding carboxylic acids is 1. The van der Waals surface area contributed by atoms with Crippen molar-refractivity contribution < 1.29 is 4.79 Å². The lowest BCUT2D eigenvalue weighted by molar-refractivity contribution is 0.104. The van der Waals surface area contributed by atoms with Gasteiger partial charge in [0.1, 0.15) is 0 Å². The largest absolute Gasteiger partial charge is 0.372 e. The highest BCUT2D eigenvalue weighted by Crippen LogP contribution is 2.17. The Morgan fingerprint density at radius 3 is 2.04 bits per heavy atom. The molecule has 0 fully saturated rings. The molecular formula is C22H27NO. The van der Waals surface area contributed by atoms with Crippen LogP contribution in [-0.4, -0.2) is 18.9 Å². The van der Waals surface area contributed by atoms with Crippen LogP contribution in [0.3, 0.4) is 0 Å². The van der Waals surface area contributed by atoms with Crippen LogP contribution in [0.4, 0.5) is 5.69 Å². The Morgan fingerprint density at radius 2 is 1.54 bits per heavy atom. The molecule has 2 nitrogen and oxygen atoms in total. The first-order valence-electron chi connectivity index (χ1n) is 8.72. The summed E-state index contributed by atoms with van der Waals surface area (Å²) in [4.78, 5) is 14.6. The molecule has 2 aromatic carbocycles. The molecule has 2 aromatic rings. The van der Waals surface area contributed by atoms with E-state index in [-0.39, 0.29) is 5.78 Å². The van der Waals surface area contributed by atoms with Crippen LogP contribution in [0.15, 0.2) is 54.6 Å². The summed E-state index contributed by atoms with van der Waals surface area (Å²) in [7, 11) is 0. The number of rotatable bonds is 7. The fourth-order valence-corrected chi connectivity index (χ4v) is 2.69. The number of hydrogen-bond acceptors (Lipinski definition) is 2. The summed E-state index contributed by atoms with van der Waals surface area (Å²) in [5.74, 6) is 0.521. The SMILES string of the molecule is CCN(CC)c1ccc(/C=C/C(=O)c2ccc(C(C)C)cc2)cc1. The van der Waals surface area contributed by atoms with Crippen molar-refractivity contribution >= 4 is 17.5 Å². The van der Waals surface area contributed by atoms with Gasteiger partial charge in [0.15, 0.2) is 5.78 Å². The van der Waals surface area contributed by atoms with Crippen molar-refractivity contribution in [3.05, 3.63) is 71.3 Å². The molecule has 2 rings (SSSR count). The van der Waals surface area contributed by atoms with E-state index in [9.17, 15) is 4.79 Å². The topological polar surface area (TPSA) is 20.3 Å². The molecule has 0 atom stereocenters. The number of carbonyl (C=O) groups is 1. The van der Waals surface area contributed by atoms with Crippen LogP contribution in [0.25, 0.3) is 6.08 Å². The van der Waals surface area contributed by atoms with Gasteiger partial charge in [0.25, 0.3) is 0 Å². The van der Waals surface area contributed by atoms with Crippen LogP contribution in [0, 0.1) is 0 Å². The van der Waals surface area contributed by atoms with Crippen LogP contribution in [0.5, 0.6) is 0 Å². The second-order valence-corrected chi connectivity index (χ2v) is 6.24. The van der Waals surface area contributed by atoms with Gasteiger partial charge in [0, 0.05) is 24.3 Å². The van der Waals surface area contributed by atoms with E-state index in [1.165, 1.54) is 11.3 Å². The van der Waals surface area contributed by atoms with E-state index >= 15 is 0 Å². The Morgan fingerprint density at radius 1 is 0.958 bits per heavy atom. The maximum atomic E-state index is 12.3. The molecule has 0 saturated carbocycles. The van der Waals surface area contributed by atoms with Crippen molar-refractivity contribution in [2.24, 2.45) is 0 Å². The van der Waals surface area contributed by atoms with E-state index in [0.717, 1.165) is 24.2 Å². The molecule has 0 aliphatic carbocycles. The molecule has 2 heteroatoms. The number of hydrogen-bond donors (Lipinski definition) is 0. The second kappa shape index (κ2) is 8.49. The zero-order valence-corrected chi connectivity index (χ0v) is 15.1. The molecule has 0 amide bonds. The van der Waals surface area contributed by atoms with Gasteiger partial charge < -0.3 is 4.90 Å². The molecule has 0 bridgehead atoms. The lowest BCUT2D eigenvalue weighted by Crippen LogP contribution is -2.21. The minimum absolute atomic E-state index is 0.0399. The Labute approximate surface area is 145 Å². The first kappa shape index (κ1) is 18.0. The van der Waals surface area contributed by atoms with Crippen molar-refractivity contribution in [1.29, 1.82) is 0 Å². The van der Waals surface area contributed by atoms with E-state index in [1.807, 2.05) is 30.3 Å². The van der Waals surface area contributed by atoms with E-state index in [1.54, 1.807) is 6.08 Å². The number of benzene rings is 2. The fraction of sp³-hybridized carbons (Fsp3) is 0.318. The lowest BCUT2D eigenvalue weighted by Gasteiger charge is -2.20. The molecular weight excluding hydrogens is 294 g/mol. The predicted octanol–water partition coefficient (Wildman–Crippen LogP) is 5.55. The maximum Gasteiger partial charge on any atom is 0.185 e. The average molecular weight is 321 g/mol. The smallest absolute Gasteiger partial charge is 0.185 e. The lowest BCUT2D eigenvalue weighted by atomic mass is 10.0. The number of ketones is 1. The van der Waals surface area contributed by atoms with Crippen LogP contribution in [-0.2, 0) is 0 Å². The standard InChI is InChI=1S/C22H27NO/c1-5-23(6-2)21-14-7-18(8-15-21)9-16-22(24)20-12-10-19(11-13-20)17(3)4/h7-17H,5-6H2,1-4H3/b16-9+. The van der Waals surface area contributed by atoms with E-state index in [2.05, 4.69) is 56.9 Å². The molecule has 0 N–H and O–H groups in total. The van der Waals surface area contributed by atoms with Gasteiger partial charge in [-0.15, -0.1) is 0 Å². The molecule has 0 aliphatic heterocycles. The Bertz CT molecular complexity index is 677. The zero-order chi connectivity index (χ0) is 17.5. The first-order valence-corrected chi connectivity index (χ1v) is 8.72. The molecule has 0 radical (unpaired) electrons. The average Bonchev–Trinajstić information content (AvgIpc) is 2.62. The van der Waals surface area contributed by atoms with Gasteiger partial charge in [-0.25, -0.2) is 0 Å². The van der Waals surface area contributed by atoms with E-state index in [4.69, 9.17) is 0 Å². The predicted molar refractivity (Wildman–Crippen MR) is 104 cm³/mol. The minimum Gasteiger partial charge on any atom is -0.372 e. The minimum atomic E-state index is 0.0399. The first-order chi connectivity index (χ1) is 11.5. The molecule has 0 heterocycles. The maximum absolute atomic E-state index is 12.3. The molecule has 24 heavy (non-hydrogen) atoms. The van der Waals surface area contributed by atoms with Crippen molar-refractivity contribution in [1.82, 2.24) is 0 Å². The summed E-state index contributed by atoms with van der Waals surface area (Å²) in [6, 6.07) is 16.2. The van der Waals surface area contributed by atoms with E-state index < -0.39 is 0 Å². The molecule has 0 saturated heterocycles. The Balaban J connectivity index is 2.05. The fourth-order valence-electron chi connectivity index (χ4n) is 2.69. The van der Waals surface area contributed by atoms with Gasteiger partial charge in [0.05, 0.1) is 0 Å². The second-order valence-electron chi connectivity index (χ2n) is 6.24. The summed E-state index contributed by atoms with van der Waals surface area (Å²) in [6.07, 6.45) is 3.53. The number of anilines is 1. The van der Waals surface area contributed by atoms with Gasteiger partial charge in [-0.3, -0.25) is 4.79 Å². The molecule has 0 aliphatic rings. The highest BCUT2D eigenvalue weighted by atomic mass is 16.1. The van der Waals surface area contributed by atoms with Crippen LogP contribution in [0.2, 0.25) is 0 Å². The van der Waals surface area contributed by atoms with Crippen molar-refractivity contribution in [3.63, 3.8) is 0 Å². The number of nitrogens with zero attached hydrogens (tertiary/aromatic N) is 1. The van der Waals surface area contributed by atoms with Crippen LogP contribution in [0.1, 0.15) is 55.1 Å². The third-order valence-electron chi connectivity index (χ3n) is 4.31. The van der Waals surface area contributed by atoms with Gasteiger partial charge in [-0.1, -0.05) is 56.3 Å². The monoisotopic (exact) mass is 321 g/mol. The molecule has 126 valence electrons. The van der Waals surface area contributed by atoms with Crippen LogP contribution >= 0.6 is 0 Å². The van der Waals surface area contributed by atoms with Crippen molar-refractivity contribution in [2.75, 3.05) is 18.0 Å². The van der Waals surface area contributed by atoms with Gasteiger partial charge >= 0.3 is 0 Å². The summed E-state index contributed by atoms with van der Waals surface area (Å²) < 4.78 is 0. The summed E-state index contributed by atoms with van der Waals surface area (Å²) in [5.41, 5.74) is 4.24. The van der Waals surface area contributed by atoms with Crippen molar-refractivity contribution in [3.8, 4) is 0 Å².